The fourth-order valence-electron chi connectivity index (χ4n) is 14.9. The van der Waals surface area contributed by atoms with Gasteiger partial charge in [-0.1, -0.05) is 24.4 Å². The normalized spacial score (nSPS) is 27.3. The predicted octanol–water partition coefficient (Wildman–Crippen LogP) is 3.58. The lowest BCUT2D eigenvalue weighted by Gasteiger charge is -2.19. The van der Waals surface area contributed by atoms with Crippen LogP contribution in [0.3, 0.4) is 0 Å². The molecule has 124 heavy (non-hydrogen) atoms. The maximum absolute atomic E-state index is 12.3. The number of aryl methyl sites for hydroxylation is 3. The number of imidazole rings is 4. The zero-order valence-electron chi connectivity index (χ0n) is 73.1. The molecule has 5 aliphatic heterocycles. The van der Waals surface area contributed by atoms with Crippen LogP contribution in [0.1, 0.15) is 80.7 Å². The zero-order chi connectivity index (χ0) is 91.4. The van der Waals surface area contributed by atoms with Crippen molar-refractivity contribution in [3.8, 4) is 0 Å². The molecule has 0 radical (unpaired) electrons. The number of ether oxygens (including phenoxy) is 5. The number of nitrogens with zero attached hydrogens (tertiary/aromatic N) is 16. The SMILES string of the molecule is C=P(C)(C)CC[C@H]1O[C@@H](n2ccc3c(=S)nc(C)[nH]c32)[C@H](O)[C@@H]1O.C=P(C)(C)CC[C@H]1O[C@@H](n2cnc3c(=O)[nH]c(N(C)C)nc32)[C@H](O)[C@@H]1O.C=P(C)(C)CC[C@H]1O[C@@H](n2cnc3c(=O)[nH]c(NC)nc32)[C@H](O)[C@@H]1O.C=P(C)(C)CC[C@H]1O[C@@H](n2cnc3c(=O)n(C)c(C)nc32)[C@H](O)[C@@H]1O.C=P(C)(C)CC[C@H]1O[C@@H](n2cnc3c(=S)nc(C)[nH]c32)[C@H](O)[C@@H]1O. The average molecular weight is 1860 g/mol. The summed E-state index contributed by atoms with van der Waals surface area (Å²) in [6.45, 7) is 20.4. The third-order valence-electron chi connectivity index (χ3n) is 22.0. The molecule has 15 heterocycles. The number of nitrogens with one attached hydrogen (secondary N) is 5. The number of fused-ring (bicyclic) bond motifs is 5. The van der Waals surface area contributed by atoms with Gasteiger partial charge in [0.2, 0.25) is 11.9 Å². The summed E-state index contributed by atoms with van der Waals surface area (Å²) in [6.07, 6.45) is 19.5. The van der Waals surface area contributed by atoms with Gasteiger partial charge in [-0.3, -0.25) is 47.2 Å². The fraction of sp³-hybridized carbons (Fsp3) is 0.603. The molecule has 0 saturated carbocycles. The summed E-state index contributed by atoms with van der Waals surface area (Å²) in [5, 5.41) is 108. The molecular weight excluding hydrogens is 1740 g/mol. The Labute approximate surface area is 727 Å². The van der Waals surface area contributed by atoms with Crippen molar-refractivity contribution in [2.45, 2.75) is 176 Å². The summed E-state index contributed by atoms with van der Waals surface area (Å²) in [5.41, 5.74) is 2.38. The summed E-state index contributed by atoms with van der Waals surface area (Å²) in [7, 11) is 6.78. The molecule has 15 N–H and O–H groups in total. The Balaban J connectivity index is 0.000000151. The number of hydrogen-bond donors (Lipinski definition) is 15. The summed E-state index contributed by atoms with van der Waals surface area (Å²) in [4.78, 5) is 87.7. The number of aromatic nitrogens is 19. The van der Waals surface area contributed by atoms with Crippen LogP contribution in [0.4, 0.5) is 11.9 Å². The van der Waals surface area contributed by atoms with E-state index in [1.165, 1.54) is 37.3 Å². The van der Waals surface area contributed by atoms with E-state index in [0.717, 1.165) is 41.8 Å². The van der Waals surface area contributed by atoms with Crippen molar-refractivity contribution in [1.82, 2.24) is 92.2 Å². The number of aromatic amines is 4. The Morgan fingerprint density at radius 3 is 1.13 bits per heavy atom. The van der Waals surface area contributed by atoms with Gasteiger partial charge in [0.25, 0.3) is 16.7 Å². The minimum atomic E-state index is -1.26. The topological polar surface area (TPSA) is 524 Å². The van der Waals surface area contributed by atoms with Crippen LogP contribution in [0.5, 0.6) is 0 Å². The first kappa shape index (κ1) is 97.8. The number of aliphatic hydroxyl groups excluding tert-OH is 10. The highest BCUT2D eigenvalue weighted by Gasteiger charge is 2.49. The molecule has 0 aromatic carbocycles. The molecule has 39 nitrogen and oxygen atoms in total. The first-order valence-corrected chi connectivity index (χ1v) is 56.5. The summed E-state index contributed by atoms with van der Waals surface area (Å²) in [6, 6.07) is 1.85. The van der Waals surface area contributed by atoms with E-state index in [4.69, 9.17) is 48.1 Å². The van der Waals surface area contributed by atoms with Crippen molar-refractivity contribution in [3.63, 3.8) is 0 Å². The molecule has 5 fully saturated rings. The highest BCUT2D eigenvalue weighted by Crippen LogP contribution is 2.46. The molecule has 5 aliphatic rings. The van der Waals surface area contributed by atoms with Crippen LogP contribution in [0.25, 0.3) is 55.7 Å². The first-order valence-electron chi connectivity index (χ1n) is 40.4. The average Bonchev–Trinajstić information content (AvgIpc) is 1.64. The highest BCUT2D eigenvalue weighted by atomic mass is 32.1. The Hall–Kier alpha value is -6.84. The number of rotatable bonds is 22. The van der Waals surface area contributed by atoms with Gasteiger partial charge in [0.1, 0.15) is 100.0 Å². The van der Waals surface area contributed by atoms with Crippen LogP contribution < -0.4 is 26.9 Å². The molecule has 5 saturated heterocycles. The van der Waals surface area contributed by atoms with Gasteiger partial charge in [-0.2, -0.15) is 9.97 Å². The molecule has 684 valence electrons. The van der Waals surface area contributed by atoms with Crippen LogP contribution in [0, 0.1) is 30.1 Å². The Morgan fingerprint density at radius 2 is 0.750 bits per heavy atom. The maximum atomic E-state index is 12.3. The first-order chi connectivity index (χ1) is 57.7. The van der Waals surface area contributed by atoms with Crippen molar-refractivity contribution in [2.75, 3.05) is 129 Å². The van der Waals surface area contributed by atoms with E-state index >= 15 is 0 Å². The van der Waals surface area contributed by atoms with Gasteiger partial charge in [0, 0.05) is 34.4 Å². The van der Waals surface area contributed by atoms with E-state index in [1.54, 1.807) is 68.6 Å². The van der Waals surface area contributed by atoms with E-state index < -0.39 is 157 Å². The summed E-state index contributed by atoms with van der Waals surface area (Å²) in [5.74, 6) is 2.54. The molecular formula is C78H122N21O18P5S2. The number of aliphatic hydroxyl groups is 10. The van der Waals surface area contributed by atoms with Crippen LogP contribution in [-0.2, 0) is 30.7 Å². The van der Waals surface area contributed by atoms with Gasteiger partial charge in [-0.15, -0.1) is 65.9 Å². The van der Waals surface area contributed by atoms with Gasteiger partial charge in [-0.25, -0.2) is 34.9 Å². The standard InChI is InChI=1S/C16H26N5O4P.C16H25N4O4P.C16H24N3O3PS.C15H24N5O4P.C15H23N4O3PS/c1-20(2)16-18-13-10(14(24)19-16)17-8-21(13)15-12(23)11(22)9(25-15)6-7-26(3,4)5;1-9-18-14-11(15(23)19(9)2)17-8-20(14)16-13(22)12(21)10(24-16)6-7-25(3,4)5;1-9-17-14-10(15(24)18-9)5-7-19(14)16-13(21)12(20)11(22-16)6-8-23(2,3)4;1-16-15-18-12-9(13(23)19-15)17-7-20(12)14-11(22)10(21)8(24-14)5-6-25(2,3)4;1-8-17-13-10(14(24)18-8)16-7-19(13)15-12(21)11(20)9(22-15)5-6-23(2,3)4/h8-9,11-12,15,22-23H,3,6-7H2,1-2,4-5H3,(H,18,19,24);8,10,12-13,16,21-22H,3,6-7H2,1-2,4-5H3;5,7,11-13,16,20-21H,2,6,8H2,1,3-4H3,(H,17,18,24);7-8,10-11,14,21-22H,2,5-6H2,1,3-4H3,(H2,16,18,19,23);7,9,11-12,15,20-21H,2,5-6H2,1,3-4H3,(H,17,18,24)/t9-,11-,12-,15-;10-,12-,13-,16-;11-,12-,13-,16-;8-,10-,11-,14-;9-,11-,12-,15-/m11111/s1. The van der Waals surface area contributed by atoms with Crippen molar-refractivity contribution in [2.24, 2.45) is 7.05 Å². The van der Waals surface area contributed by atoms with E-state index in [9.17, 15) is 65.4 Å². The minimum absolute atomic E-state index is 0.151. The lowest BCUT2D eigenvalue weighted by Crippen LogP contribution is -2.32. The highest BCUT2D eigenvalue weighted by molar-refractivity contribution is 7.73. The minimum Gasteiger partial charge on any atom is -0.388 e. The van der Waals surface area contributed by atoms with Crippen molar-refractivity contribution >= 4 is 158 Å². The van der Waals surface area contributed by atoms with Gasteiger partial charge in [-0.05, 0) is 156 Å². The second-order valence-corrected chi connectivity index (χ2v) is 58.4. The third-order valence-corrected chi connectivity index (χ3v) is 29.9. The molecule has 10 aromatic rings. The van der Waals surface area contributed by atoms with Crippen LogP contribution >= 0.6 is 58.9 Å². The number of anilines is 2. The molecule has 10 aromatic heterocycles. The molecule has 0 bridgehead atoms. The molecule has 0 aliphatic carbocycles. The maximum Gasteiger partial charge on any atom is 0.281 e. The molecule has 0 unspecified atom stereocenters. The van der Waals surface area contributed by atoms with Crippen molar-refractivity contribution in [3.05, 3.63) is 95.4 Å². The largest absolute Gasteiger partial charge is 0.388 e. The summed E-state index contributed by atoms with van der Waals surface area (Å²) >= 11 is 10.5. The summed E-state index contributed by atoms with van der Waals surface area (Å²) < 4.78 is 40.0. The van der Waals surface area contributed by atoms with E-state index in [1.807, 2.05) is 13.0 Å². The third kappa shape index (κ3) is 22.5. The smallest absolute Gasteiger partial charge is 0.281 e. The van der Waals surface area contributed by atoms with Gasteiger partial charge in [0.15, 0.2) is 69.3 Å². The monoisotopic (exact) mass is 1860 g/mol. The van der Waals surface area contributed by atoms with E-state index in [2.05, 4.69) is 168 Å². The Morgan fingerprint density at radius 1 is 0.427 bits per heavy atom. The molecule has 15 rings (SSSR count). The zero-order valence-corrected chi connectivity index (χ0v) is 79.2. The Bertz CT molecular complexity index is 5930. The van der Waals surface area contributed by atoms with E-state index in [0.29, 0.717) is 87.3 Å². The number of hydrogen-bond acceptors (Lipinski definition) is 31. The van der Waals surface area contributed by atoms with Crippen LogP contribution in [0.15, 0.2) is 52.0 Å². The van der Waals surface area contributed by atoms with Crippen molar-refractivity contribution < 1.29 is 74.7 Å². The lowest BCUT2D eigenvalue weighted by molar-refractivity contribution is -0.0353. The van der Waals surface area contributed by atoms with Gasteiger partial charge in [0.05, 0.1) is 61.2 Å². The lowest BCUT2D eigenvalue weighted by atomic mass is 10.1. The molecule has 20 atom stereocenters. The molecule has 0 amide bonds. The Kier molecular flexibility index (Phi) is 30.6. The second-order valence-electron chi connectivity index (χ2n) is 36.0. The van der Waals surface area contributed by atoms with Crippen LogP contribution in [0.2, 0.25) is 0 Å². The van der Waals surface area contributed by atoms with Gasteiger partial charge < -0.3 is 99.5 Å². The molecule has 46 heteroatoms. The number of H-pyrrole nitrogens is 4. The fourth-order valence-corrected chi connectivity index (χ4v) is 20.2. The second kappa shape index (κ2) is 38.8. The quantitative estimate of drug-likeness (QED) is 0.0340. The van der Waals surface area contributed by atoms with Crippen LogP contribution in [-0.4, -0.2) is 385 Å². The molecule has 0 spiro atoms. The van der Waals surface area contributed by atoms with Gasteiger partial charge >= 0.3 is 0 Å². The van der Waals surface area contributed by atoms with Crippen molar-refractivity contribution in [1.29, 1.82) is 0 Å². The predicted molar refractivity (Wildman–Crippen MR) is 501 cm³/mol. The van der Waals surface area contributed by atoms with E-state index in [-0.39, 0.29) is 44.8 Å².